The van der Waals surface area contributed by atoms with Crippen LogP contribution in [0.3, 0.4) is 0 Å². The number of ether oxygens (including phenoxy) is 1. The van der Waals surface area contributed by atoms with E-state index in [1.807, 2.05) is 0 Å². The topological polar surface area (TPSA) is 38.5 Å². The van der Waals surface area contributed by atoms with Gasteiger partial charge in [-0.2, -0.15) is 0 Å². The highest BCUT2D eigenvalue weighted by molar-refractivity contribution is 5.47. The number of likely N-dealkylation sites (N-methyl/N-ethyl adjacent to an activating group) is 1. The molecule has 3 heteroatoms. The van der Waals surface area contributed by atoms with Gasteiger partial charge in [-0.1, -0.05) is 12.1 Å². The van der Waals surface area contributed by atoms with Gasteiger partial charge in [-0.05, 0) is 50.4 Å². The van der Waals surface area contributed by atoms with Crippen molar-refractivity contribution in [3.8, 4) is 0 Å². The monoisotopic (exact) mass is 248 g/mol. The van der Waals surface area contributed by atoms with Crippen molar-refractivity contribution in [3.63, 3.8) is 0 Å². The van der Waals surface area contributed by atoms with Gasteiger partial charge in [0.1, 0.15) is 0 Å². The first-order chi connectivity index (χ1) is 8.83. The van der Waals surface area contributed by atoms with E-state index in [1.54, 1.807) is 0 Å². The predicted molar refractivity (Wildman–Crippen MR) is 76.1 cm³/mol. The second-order valence-corrected chi connectivity index (χ2v) is 4.88. The van der Waals surface area contributed by atoms with Crippen LogP contribution >= 0.6 is 0 Å². The van der Waals surface area contributed by atoms with Gasteiger partial charge in [-0.15, -0.1) is 0 Å². The molecule has 1 aromatic rings. The van der Waals surface area contributed by atoms with Gasteiger partial charge in [0.25, 0.3) is 0 Å². The summed E-state index contributed by atoms with van der Waals surface area (Å²) in [7, 11) is 0. The highest BCUT2D eigenvalue weighted by Gasteiger charge is 2.18. The second-order valence-electron chi connectivity index (χ2n) is 4.88. The molecule has 0 amide bonds. The zero-order valence-electron chi connectivity index (χ0n) is 11.3. The zero-order valence-corrected chi connectivity index (χ0v) is 11.3. The Bertz CT molecular complexity index is 344. The molecule has 100 valence electrons. The summed E-state index contributed by atoms with van der Waals surface area (Å²) in [5.41, 5.74) is 8.17. The molecule has 18 heavy (non-hydrogen) atoms. The third-order valence-electron chi connectivity index (χ3n) is 3.56. The average Bonchev–Trinajstić information content (AvgIpc) is 2.90. The molecule has 0 aliphatic carbocycles. The molecule has 1 fully saturated rings. The number of nitrogens with two attached hydrogens (primary N) is 1. The first-order valence-corrected chi connectivity index (χ1v) is 6.99. The first kappa shape index (κ1) is 13.4. The van der Waals surface area contributed by atoms with Crippen LogP contribution in [0.1, 0.15) is 25.3 Å². The van der Waals surface area contributed by atoms with Gasteiger partial charge in [0.05, 0.1) is 6.10 Å². The van der Waals surface area contributed by atoms with Crippen molar-refractivity contribution in [3.05, 3.63) is 29.8 Å². The van der Waals surface area contributed by atoms with E-state index in [2.05, 4.69) is 36.1 Å². The molecule has 1 saturated heterocycles. The minimum absolute atomic E-state index is 0.411. The lowest BCUT2D eigenvalue weighted by Gasteiger charge is -2.26. The SMILES string of the molecule is CCN(CC1CCCO1)c1ccc(CCN)cc1. The Morgan fingerprint density at radius 2 is 2.11 bits per heavy atom. The molecule has 1 atom stereocenters. The Balaban J connectivity index is 1.97. The summed E-state index contributed by atoms with van der Waals surface area (Å²) in [5.74, 6) is 0. The largest absolute Gasteiger partial charge is 0.376 e. The van der Waals surface area contributed by atoms with E-state index in [1.165, 1.54) is 24.1 Å². The summed E-state index contributed by atoms with van der Waals surface area (Å²) in [4.78, 5) is 2.39. The maximum atomic E-state index is 5.71. The molecule has 1 aliphatic heterocycles. The van der Waals surface area contributed by atoms with Crippen LogP contribution in [0, 0.1) is 0 Å². The molecular formula is C15H24N2O. The Hall–Kier alpha value is -1.06. The van der Waals surface area contributed by atoms with Crippen LogP contribution in [0.5, 0.6) is 0 Å². The standard InChI is InChI=1S/C15H24N2O/c1-2-17(12-15-4-3-11-18-15)14-7-5-13(6-8-14)9-10-16/h5-8,15H,2-4,9-12,16H2,1H3. The summed E-state index contributed by atoms with van der Waals surface area (Å²) < 4.78 is 5.71. The minimum Gasteiger partial charge on any atom is -0.376 e. The zero-order chi connectivity index (χ0) is 12.8. The third-order valence-corrected chi connectivity index (χ3v) is 3.56. The highest BCUT2D eigenvalue weighted by atomic mass is 16.5. The molecule has 1 aromatic carbocycles. The summed E-state index contributed by atoms with van der Waals surface area (Å²) >= 11 is 0. The van der Waals surface area contributed by atoms with Crippen molar-refractivity contribution >= 4 is 5.69 Å². The summed E-state index contributed by atoms with van der Waals surface area (Å²) in [5, 5.41) is 0. The van der Waals surface area contributed by atoms with E-state index >= 15 is 0 Å². The van der Waals surface area contributed by atoms with Crippen molar-refractivity contribution in [2.75, 3.05) is 31.1 Å². The average molecular weight is 248 g/mol. The van der Waals surface area contributed by atoms with Gasteiger partial charge >= 0.3 is 0 Å². The fourth-order valence-corrected chi connectivity index (χ4v) is 2.49. The maximum absolute atomic E-state index is 5.71. The molecule has 0 bridgehead atoms. The molecule has 0 spiro atoms. The number of rotatable bonds is 6. The first-order valence-electron chi connectivity index (χ1n) is 6.99. The van der Waals surface area contributed by atoms with E-state index < -0.39 is 0 Å². The highest BCUT2D eigenvalue weighted by Crippen LogP contribution is 2.19. The van der Waals surface area contributed by atoms with E-state index in [4.69, 9.17) is 10.5 Å². The molecule has 0 radical (unpaired) electrons. The van der Waals surface area contributed by atoms with Gasteiger partial charge in [-0.3, -0.25) is 0 Å². The van der Waals surface area contributed by atoms with E-state index in [0.717, 1.165) is 26.1 Å². The van der Waals surface area contributed by atoms with Gasteiger partial charge < -0.3 is 15.4 Å². The van der Waals surface area contributed by atoms with Crippen LogP contribution in [0.2, 0.25) is 0 Å². The van der Waals surface area contributed by atoms with Crippen molar-refractivity contribution in [2.45, 2.75) is 32.3 Å². The van der Waals surface area contributed by atoms with Crippen molar-refractivity contribution in [2.24, 2.45) is 5.73 Å². The van der Waals surface area contributed by atoms with Crippen LogP contribution in [-0.4, -0.2) is 32.3 Å². The summed E-state index contributed by atoms with van der Waals surface area (Å²) in [6.07, 6.45) is 3.77. The Kier molecular flexibility index (Phi) is 5.02. The van der Waals surface area contributed by atoms with E-state index in [-0.39, 0.29) is 0 Å². The molecule has 2 N–H and O–H groups in total. The van der Waals surface area contributed by atoms with E-state index in [0.29, 0.717) is 12.6 Å². The minimum atomic E-state index is 0.411. The third kappa shape index (κ3) is 3.47. The van der Waals surface area contributed by atoms with Crippen molar-refractivity contribution in [1.82, 2.24) is 0 Å². The van der Waals surface area contributed by atoms with Gasteiger partial charge in [0.2, 0.25) is 0 Å². The quantitative estimate of drug-likeness (QED) is 0.838. The Labute approximate surface area is 110 Å². The maximum Gasteiger partial charge on any atom is 0.0750 e. The molecule has 2 rings (SSSR count). The molecular weight excluding hydrogens is 224 g/mol. The number of nitrogens with zero attached hydrogens (tertiary/aromatic N) is 1. The summed E-state index contributed by atoms with van der Waals surface area (Å²) in [6.45, 7) is 5.87. The predicted octanol–water partition coefficient (Wildman–Crippen LogP) is 2.19. The number of hydrogen-bond acceptors (Lipinski definition) is 3. The molecule has 1 unspecified atom stereocenters. The molecule has 1 heterocycles. The summed E-state index contributed by atoms with van der Waals surface area (Å²) in [6, 6.07) is 8.76. The van der Waals surface area contributed by atoms with Crippen LogP contribution in [0.15, 0.2) is 24.3 Å². The molecule has 0 aromatic heterocycles. The number of benzene rings is 1. The molecule has 0 saturated carbocycles. The Morgan fingerprint density at radius 1 is 1.33 bits per heavy atom. The number of hydrogen-bond donors (Lipinski definition) is 1. The smallest absolute Gasteiger partial charge is 0.0750 e. The fraction of sp³-hybridized carbons (Fsp3) is 0.600. The normalized spacial score (nSPS) is 19.1. The van der Waals surface area contributed by atoms with Crippen LogP contribution in [0.25, 0.3) is 0 Å². The van der Waals surface area contributed by atoms with Gasteiger partial charge in [0.15, 0.2) is 0 Å². The van der Waals surface area contributed by atoms with Crippen LogP contribution in [-0.2, 0) is 11.2 Å². The van der Waals surface area contributed by atoms with Crippen LogP contribution in [0.4, 0.5) is 5.69 Å². The van der Waals surface area contributed by atoms with E-state index in [9.17, 15) is 0 Å². The van der Waals surface area contributed by atoms with Crippen LogP contribution < -0.4 is 10.6 Å². The van der Waals surface area contributed by atoms with Crippen molar-refractivity contribution in [1.29, 1.82) is 0 Å². The molecule has 3 nitrogen and oxygen atoms in total. The van der Waals surface area contributed by atoms with Gasteiger partial charge in [0, 0.05) is 25.4 Å². The lowest BCUT2D eigenvalue weighted by molar-refractivity contribution is 0.115. The fourth-order valence-electron chi connectivity index (χ4n) is 2.49. The lowest BCUT2D eigenvalue weighted by Crippen LogP contribution is -2.31. The molecule has 1 aliphatic rings. The van der Waals surface area contributed by atoms with Gasteiger partial charge in [-0.25, -0.2) is 0 Å². The Morgan fingerprint density at radius 3 is 2.67 bits per heavy atom. The lowest BCUT2D eigenvalue weighted by atomic mass is 10.1. The number of anilines is 1. The second kappa shape index (κ2) is 6.76. The van der Waals surface area contributed by atoms with Crippen molar-refractivity contribution < 1.29 is 4.74 Å².